The highest BCUT2D eigenvalue weighted by Gasteiger charge is 2.20. The van der Waals surface area contributed by atoms with Crippen LogP contribution in [0.4, 0.5) is 0 Å². The molecule has 1 saturated carbocycles. The van der Waals surface area contributed by atoms with Crippen LogP contribution in [0.1, 0.15) is 44.2 Å². The first kappa shape index (κ1) is 12.6. The summed E-state index contributed by atoms with van der Waals surface area (Å²) >= 11 is 0. The minimum Gasteiger partial charge on any atom is -0.329 e. The molecule has 0 bridgehead atoms. The molecule has 0 aromatic carbocycles. The fourth-order valence-electron chi connectivity index (χ4n) is 2.14. The van der Waals surface area contributed by atoms with Crippen LogP contribution in [0.2, 0.25) is 0 Å². The molecule has 1 unspecified atom stereocenters. The highest BCUT2D eigenvalue weighted by Crippen LogP contribution is 2.33. The molecule has 1 aromatic rings. The number of nitrogens with two attached hydrogens (primary N) is 1. The molecule has 1 aliphatic rings. The van der Waals surface area contributed by atoms with E-state index in [-0.39, 0.29) is 6.04 Å². The van der Waals surface area contributed by atoms with E-state index in [9.17, 15) is 0 Å². The van der Waals surface area contributed by atoms with Crippen LogP contribution >= 0.6 is 0 Å². The van der Waals surface area contributed by atoms with E-state index in [1.807, 2.05) is 10.9 Å². The van der Waals surface area contributed by atoms with Crippen molar-refractivity contribution < 1.29 is 0 Å². The van der Waals surface area contributed by atoms with Crippen LogP contribution in [0, 0.1) is 5.92 Å². The Morgan fingerprint density at radius 2 is 2.41 bits per heavy atom. The van der Waals surface area contributed by atoms with Gasteiger partial charge in [0.15, 0.2) is 0 Å². The van der Waals surface area contributed by atoms with Crippen LogP contribution < -0.4 is 11.1 Å². The minimum atomic E-state index is 0.259. The average Bonchev–Trinajstić information content (AvgIpc) is 3.05. The van der Waals surface area contributed by atoms with Gasteiger partial charge in [-0.25, -0.2) is 0 Å². The fraction of sp³-hybridized carbons (Fsp3) is 0.769. The Morgan fingerprint density at radius 1 is 1.59 bits per heavy atom. The van der Waals surface area contributed by atoms with Gasteiger partial charge < -0.3 is 11.1 Å². The molecule has 4 heteroatoms. The van der Waals surface area contributed by atoms with E-state index in [1.54, 1.807) is 0 Å². The number of hydrogen-bond donors (Lipinski definition) is 2. The zero-order valence-corrected chi connectivity index (χ0v) is 10.7. The maximum absolute atomic E-state index is 5.81. The third-order valence-electron chi connectivity index (χ3n) is 3.49. The summed E-state index contributed by atoms with van der Waals surface area (Å²) in [6.07, 6.45) is 9.55. The van der Waals surface area contributed by atoms with Gasteiger partial charge in [0.05, 0.1) is 6.20 Å². The number of aromatic nitrogens is 2. The summed E-state index contributed by atoms with van der Waals surface area (Å²) < 4.78 is 1.95. The van der Waals surface area contributed by atoms with Gasteiger partial charge in [-0.2, -0.15) is 5.10 Å². The second kappa shape index (κ2) is 6.17. The van der Waals surface area contributed by atoms with Gasteiger partial charge >= 0.3 is 0 Å². The quantitative estimate of drug-likeness (QED) is 0.675. The Morgan fingerprint density at radius 3 is 3.00 bits per heavy atom. The molecule has 1 aromatic heterocycles. The number of nitrogens with one attached hydrogen (secondary N) is 1. The maximum atomic E-state index is 5.81. The van der Waals surface area contributed by atoms with Gasteiger partial charge in [0.2, 0.25) is 0 Å². The van der Waals surface area contributed by atoms with Gasteiger partial charge in [0.1, 0.15) is 0 Å². The van der Waals surface area contributed by atoms with Crippen molar-refractivity contribution in [2.45, 2.75) is 45.2 Å². The Hall–Kier alpha value is -0.870. The molecule has 96 valence electrons. The highest BCUT2D eigenvalue weighted by atomic mass is 15.3. The molecule has 1 atom stereocenters. The zero-order chi connectivity index (χ0) is 12.1. The van der Waals surface area contributed by atoms with Crippen molar-refractivity contribution in [1.82, 2.24) is 15.1 Å². The second-order valence-corrected chi connectivity index (χ2v) is 4.96. The van der Waals surface area contributed by atoms with Crippen LogP contribution in [0.3, 0.4) is 0 Å². The average molecular weight is 236 g/mol. The van der Waals surface area contributed by atoms with Crippen molar-refractivity contribution >= 4 is 0 Å². The van der Waals surface area contributed by atoms with E-state index >= 15 is 0 Å². The summed E-state index contributed by atoms with van der Waals surface area (Å²) in [7, 11) is 0. The van der Waals surface area contributed by atoms with Crippen molar-refractivity contribution in [2.24, 2.45) is 11.7 Å². The van der Waals surface area contributed by atoms with Gasteiger partial charge in [-0.3, -0.25) is 4.68 Å². The zero-order valence-electron chi connectivity index (χ0n) is 10.7. The molecule has 0 radical (unpaired) electrons. The first-order chi connectivity index (χ1) is 8.33. The molecule has 1 aliphatic carbocycles. The fourth-order valence-corrected chi connectivity index (χ4v) is 2.14. The van der Waals surface area contributed by atoms with Gasteiger partial charge in [-0.1, -0.05) is 12.8 Å². The molecule has 17 heavy (non-hydrogen) atoms. The van der Waals surface area contributed by atoms with Crippen molar-refractivity contribution in [1.29, 1.82) is 0 Å². The Labute approximate surface area is 104 Å². The van der Waals surface area contributed by atoms with E-state index in [0.29, 0.717) is 6.54 Å². The van der Waals surface area contributed by atoms with E-state index < -0.39 is 0 Å². The number of rotatable bonds is 8. The van der Waals surface area contributed by atoms with Crippen molar-refractivity contribution in [3.05, 3.63) is 18.0 Å². The smallest absolute Gasteiger partial charge is 0.0538 e. The lowest BCUT2D eigenvalue weighted by Gasteiger charge is -2.14. The predicted molar refractivity (Wildman–Crippen MR) is 69.7 cm³/mol. The van der Waals surface area contributed by atoms with Gasteiger partial charge in [0.25, 0.3) is 0 Å². The second-order valence-electron chi connectivity index (χ2n) is 4.96. The van der Waals surface area contributed by atoms with Crippen molar-refractivity contribution in [3.8, 4) is 0 Å². The standard InChI is InChI=1S/C13H24N4/c1-2-17-10-12(9-16-17)13(8-14)15-7-3-4-11-5-6-11/h9-11,13,15H,2-8,14H2,1H3. The summed E-state index contributed by atoms with van der Waals surface area (Å²) in [5.74, 6) is 1.02. The lowest BCUT2D eigenvalue weighted by molar-refractivity contribution is 0.511. The van der Waals surface area contributed by atoms with E-state index in [2.05, 4.69) is 23.5 Å². The maximum Gasteiger partial charge on any atom is 0.0538 e. The Balaban J connectivity index is 1.74. The van der Waals surface area contributed by atoms with Gasteiger partial charge in [-0.15, -0.1) is 0 Å². The third kappa shape index (κ3) is 3.82. The van der Waals surface area contributed by atoms with E-state index in [4.69, 9.17) is 5.73 Å². The third-order valence-corrected chi connectivity index (χ3v) is 3.49. The number of aryl methyl sites for hydroxylation is 1. The topological polar surface area (TPSA) is 55.9 Å². The summed E-state index contributed by atoms with van der Waals surface area (Å²) in [6, 6.07) is 0.259. The molecule has 2 rings (SSSR count). The largest absolute Gasteiger partial charge is 0.329 e. The lowest BCUT2D eigenvalue weighted by atomic mass is 10.1. The number of nitrogens with zero attached hydrogens (tertiary/aromatic N) is 2. The predicted octanol–water partition coefficient (Wildman–Crippen LogP) is 1.68. The van der Waals surface area contributed by atoms with E-state index in [1.165, 1.54) is 31.2 Å². The molecule has 0 spiro atoms. The summed E-state index contributed by atoms with van der Waals surface area (Å²) in [5.41, 5.74) is 7.02. The Kier molecular flexibility index (Phi) is 4.57. The monoisotopic (exact) mass is 236 g/mol. The summed E-state index contributed by atoms with van der Waals surface area (Å²) in [4.78, 5) is 0. The van der Waals surface area contributed by atoms with Gasteiger partial charge in [-0.05, 0) is 32.2 Å². The van der Waals surface area contributed by atoms with Crippen LogP contribution in [0.25, 0.3) is 0 Å². The molecular weight excluding hydrogens is 212 g/mol. The van der Waals surface area contributed by atoms with Crippen molar-refractivity contribution in [3.63, 3.8) is 0 Å². The van der Waals surface area contributed by atoms with Gasteiger partial charge in [0, 0.05) is 30.9 Å². The first-order valence-corrected chi connectivity index (χ1v) is 6.79. The molecule has 0 aliphatic heterocycles. The Bertz CT molecular complexity index is 330. The SMILES string of the molecule is CCn1cc(C(CN)NCCCC2CC2)cn1. The van der Waals surface area contributed by atoms with E-state index in [0.717, 1.165) is 19.0 Å². The molecule has 0 amide bonds. The molecule has 0 saturated heterocycles. The van der Waals surface area contributed by atoms with Crippen LogP contribution in [-0.4, -0.2) is 22.9 Å². The summed E-state index contributed by atoms with van der Waals surface area (Å²) in [5, 5.41) is 7.82. The minimum absolute atomic E-state index is 0.259. The number of hydrogen-bond acceptors (Lipinski definition) is 3. The lowest BCUT2D eigenvalue weighted by Crippen LogP contribution is -2.28. The van der Waals surface area contributed by atoms with Crippen molar-refractivity contribution in [2.75, 3.05) is 13.1 Å². The first-order valence-electron chi connectivity index (χ1n) is 6.79. The molecule has 1 heterocycles. The van der Waals surface area contributed by atoms with Crippen LogP contribution in [0.5, 0.6) is 0 Å². The summed E-state index contributed by atoms with van der Waals surface area (Å²) in [6.45, 7) is 4.71. The molecule has 4 nitrogen and oxygen atoms in total. The van der Waals surface area contributed by atoms with Crippen LogP contribution in [0.15, 0.2) is 12.4 Å². The normalized spacial score (nSPS) is 17.3. The van der Waals surface area contributed by atoms with Crippen LogP contribution in [-0.2, 0) is 6.54 Å². The molecule has 1 fully saturated rings. The highest BCUT2D eigenvalue weighted by molar-refractivity contribution is 5.10. The molecular formula is C13H24N4. The molecule has 3 N–H and O–H groups in total.